The summed E-state index contributed by atoms with van der Waals surface area (Å²) in [5.74, 6) is 0.948. The molecule has 0 bridgehead atoms. The van der Waals surface area contributed by atoms with Crippen molar-refractivity contribution in [3.8, 4) is 0 Å². The van der Waals surface area contributed by atoms with Crippen molar-refractivity contribution in [1.82, 2.24) is 14.9 Å². The lowest BCUT2D eigenvalue weighted by Gasteiger charge is -2.39. The van der Waals surface area contributed by atoms with Crippen LogP contribution in [0.25, 0.3) is 11.0 Å². The minimum Gasteiger partial charge on any atom is -0.428 e. The molecule has 0 unspecified atom stereocenters. The van der Waals surface area contributed by atoms with Crippen LogP contribution in [0.3, 0.4) is 0 Å². The highest BCUT2D eigenvalue weighted by molar-refractivity contribution is 7.91. The Balaban J connectivity index is 1.61. The molecule has 2 N–H and O–H groups in total. The third kappa shape index (κ3) is 2.93. The van der Waals surface area contributed by atoms with Gasteiger partial charge in [0.05, 0.1) is 11.5 Å². The SMILES string of the molecule is CCCS(=O)(=O)CC1CC(C2=NN(C)B(O)c3cnc4[nH]ccc4c32)C1. The number of nitrogens with zero attached hydrogens (tertiary/aromatic N) is 3. The van der Waals surface area contributed by atoms with Crippen molar-refractivity contribution in [3.63, 3.8) is 0 Å². The number of pyridine rings is 1. The van der Waals surface area contributed by atoms with Gasteiger partial charge in [0, 0.05) is 47.5 Å². The van der Waals surface area contributed by atoms with Gasteiger partial charge in [-0.25, -0.2) is 13.4 Å². The molecule has 1 fully saturated rings. The van der Waals surface area contributed by atoms with Crippen LogP contribution >= 0.6 is 0 Å². The van der Waals surface area contributed by atoms with E-state index in [-0.39, 0.29) is 23.3 Å². The molecule has 138 valence electrons. The molecule has 2 aromatic rings. The molecule has 0 atom stereocenters. The predicted molar refractivity (Wildman–Crippen MR) is 103 cm³/mol. The minimum absolute atomic E-state index is 0.198. The van der Waals surface area contributed by atoms with Gasteiger partial charge in [-0.05, 0) is 31.2 Å². The van der Waals surface area contributed by atoms with Crippen molar-refractivity contribution in [2.45, 2.75) is 26.2 Å². The first-order chi connectivity index (χ1) is 12.4. The lowest BCUT2D eigenvalue weighted by molar-refractivity contribution is 0.280. The van der Waals surface area contributed by atoms with Gasteiger partial charge < -0.3 is 14.9 Å². The van der Waals surface area contributed by atoms with Gasteiger partial charge in [0.25, 0.3) is 0 Å². The van der Waals surface area contributed by atoms with Crippen LogP contribution in [0.4, 0.5) is 0 Å². The van der Waals surface area contributed by atoms with Gasteiger partial charge >= 0.3 is 7.05 Å². The number of nitrogens with one attached hydrogen (secondary N) is 1. The lowest BCUT2D eigenvalue weighted by Crippen LogP contribution is -2.52. The van der Waals surface area contributed by atoms with Crippen LogP contribution < -0.4 is 5.46 Å². The molecule has 2 aromatic heterocycles. The van der Waals surface area contributed by atoms with Crippen LogP contribution in [-0.4, -0.2) is 59.6 Å². The van der Waals surface area contributed by atoms with E-state index >= 15 is 0 Å². The number of rotatable bonds is 5. The summed E-state index contributed by atoms with van der Waals surface area (Å²) in [4.78, 5) is 9.04. The molecule has 2 aliphatic rings. The molecule has 0 aromatic carbocycles. The van der Waals surface area contributed by atoms with E-state index in [1.807, 2.05) is 19.2 Å². The molecule has 26 heavy (non-hydrogen) atoms. The molecular weight excluding hydrogens is 351 g/mol. The summed E-state index contributed by atoms with van der Waals surface area (Å²) in [5, 5.41) is 16.1. The number of H-pyrrole nitrogens is 1. The van der Waals surface area contributed by atoms with E-state index in [1.54, 1.807) is 18.2 Å². The number of aromatic nitrogens is 2. The summed E-state index contributed by atoms with van der Waals surface area (Å²) in [7, 11) is -2.03. The van der Waals surface area contributed by atoms with E-state index in [4.69, 9.17) is 0 Å². The molecule has 1 aliphatic carbocycles. The fourth-order valence-corrected chi connectivity index (χ4v) is 5.89. The van der Waals surface area contributed by atoms with Crippen LogP contribution in [0, 0.1) is 11.8 Å². The van der Waals surface area contributed by atoms with Crippen LogP contribution in [0.1, 0.15) is 31.7 Å². The Morgan fingerprint density at radius 3 is 2.92 bits per heavy atom. The highest BCUT2D eigenvalue weighted by Crippen LogP contribution is 2.39. The van der Waals surface area contributed by atoms with E-state index in [9.17, 15) is 13.4 Å². The van der Waals surface area contributed by atoms with Crippen LogP contribution in [0.2, 0.25) is 0 Å². The maximum atomic E-state index is 12.1. The Morgan fingerprint density at radius 1 is 1.42 bits per heavy atom. The van der Waals surface area contributed by atoms with Gasteiger partial charge in [0.15, 0.2) is 9.84 Å². The first-order valence-electron chi connectivity index (χ1n) is 9.05. The van der Waals surface area contributed by atoms with Gasteiger partial charge in [-0.1, -0.05) is 6.92 Å². The second-order valence-corrected chi connectivity index (χ2v) is 9.64. The molecule has 3 heterocycles. The van der Waals surface area contributed by atoms with E-state index < -0.39 is 16.9 Å². The zero-order valence-corrected chi connectivity index (χ0v) is 15.8. The van der Waals surface area contributed by atoms with Crippen LogP contribution in [0.5, 0.6) is 0 Å². The number of hydrogen-bond donors (Lipinski definition) is 2. The zero-order chi connectivity index (χ0) is 18.5. The molecule has 0 amide bonds. The van der Waals surface area contributed by atoms with Gasteiger partial charge in [-0.15, -0.1) is 0 Å². The second-order valence-electron chi connectivity index (χ2n) is 7.41. The highest BCUT2D eigenvalue weighted by Gasteiger charge is 2.41. The summed E-state index contributed by atoms with van der Waals surface area (Å²) in [6.07, 6.45) is 5.84. The highest BCUT2D eigenvalue weighted by atomic mass is 32.2. The maximum absolute atomic E-state index is 12.1. The van der Waals surface area contributed by atoms with E-state index in [2.05, 4.69) is 15.1 Å². The maximum Gasteiger partial charge on any atom is 0.468 e. The Morgan fingerprint density at radius 2 is 2.19 bits per heavy atom. The molecule has 4 rings (SSSR count). The quantitative estimate of drug-likeness (QED) is 0.753. The first kappa shape index (κ1) is 17.5. The summed E-state index contributed by atoms with van der Waals surface area (Å²) in [6.45, 7) is 1.89. The normalized spacial score (nSPS) is 23.0. The molecule has 1 saturated carbocycles. The molecule has 0 saturated heterocycles. The van der Waals surface area contributed by atoms with Crippen molar-refractivity contribution in [1.29, 1.82) is 0 Å². The second kappa shape index (κ2) is 6.38. The lowest BCUT2D eigenvalue weighted by atomic mass is 9.64. The largest absolute Gasteiger partial charge is 0.468 e. The summed E-state index contributed by atoms with van der Waals surface area (Å²) >= 11 is 0. The molecule has 0 spiro atoms. The van der Waals surface area contributed by atoms with Gasteiger partial charge in [0.2, 0.25) is 0 Å². The van der Waals surface area contributed by atoms with Crippen molar-refractivity contribution in [2.75, 3.05) is 18.6 Å². The fraction of sp³-hybridized carbons (Fsp3) is 0.529. The number of fused-ring (bicyclic) bond motifs is 3. The van der Waals surface area contributed by atoms with Gasteiger partial charge in [-0.2, -0.15) is 5.10 Å². The first-order valence-corrected chi connectivity index (χ1v) is 10.9. The third-order valence-corrected chi connectivity index (χ3v) is 7.41. The molecule has 0 radical (unpaired) electrons. The predicted octanol–water partition coefficient (Wildman–Crippen LogP) is 0.751. The number of hydrogen-bond acceptors (Lipinski definition) is 6. The number of hydrazone groups is 1. The topological polar surface area (TPSA) is 98.7 Å². The van der Waals surface area contributed by atoms with Crippen molar-refractivity contribution in [3.05, 3.63) is 24.0 Å². The van der Waals surface area contributed by atoms with Crippen molar-refractivity contribution < 1.29 is 13.4 Å². The molecule has 9 heteroatoms. The summed E-state index contributed by atoms with van der Waals surface area (Å²) in [5.41, 5.74) is 3.41. The summed E-state index contributed by atoms with van der Waals surface area (Å²) in [6, 6.07) is 1.95. The fourth-order valence-electron chi connectivity index (χ4n) is 4.12. The Bertz CT molecular complexity index is 966. The Labute approximate surface area is 153 Å². The van der Waals surface area contributed by atoms with Gasteiger partial charge in [-0.3, -0.25) is 0 Å². The summed E-state index contributed by atoms with van der Waals surface area (Å²) < 4.78 is 24.1. The molecule has 7 nitrogen and oxygen atoms in total. The zero-order valence-electron chi connectivity index (χ0n) is 15.0. The number of sulfone groups is 1. The van der Waals surface area contributed by atoms with Crippen LogP contribution in [-0.2, 0) is 9.84 Å². The third-order valence-electron chi connectivity index (χ3n) is 5.40. The van der Waals surface area contributed by atoms with Crippen molar-refractivity contribution in [2.24, 2.45) is 16.9 Å². The Hall–Kier alpha value is -1.87. The average Bonchev–Trinajstić information content (AvgIpc) is 3.02. The number of aromatic amines is 1. The smallest absolute Gasteiger partial charge is 0.428 e. The average molecular weight is 374 g/mol. The monoisotopic (exact) mass is 374 g/mol. The van der Waals surface area contributed by atoms with Gasteiger partial charge in [0.1, 0.15) is 5.65 Å². The minimum atomic E-state index is -2.96. The van der Waals surface area contributed by atoms with Crippen molar-refractivity contribution >= 4 is 39.1 Å². The Kier molecular flexibility index (Phi) is 4.31. The standard InChI is InChI=1S/C17H23BN4O3S/c1-3-6-26(24,25)10-11-7-12(8-11)16-15-13-4-5-19-17(13)20-9-14(15)18(23)22(2)21-16/h4-5,9,11-12,23H,3,6-8,10H2,1-2H3,(H,19,20). The molecular formula is C17H23BN4O3S. The molecule has 1 aliphatic heterocycles. The van der Waals surface area contributed by atoms with Crippen LogP contribution in [0.15, 0.2) is 23.6 Å². The van der Waals surface area contributed by atoms with E-state index in [0.29, 0.717) is 6.42 Å². The van der Waals surface area contributed by atoms with E-state index in [1.165, 1.54) is 0 Å². The van der Waals surface area contributed by atoms with E-state index in [0.717, 1.165) is 40.6 Å².